The summed E-state index contributed by atoms with van der Waals surface area (Å²) in [7, 11) is 0. The van der Waals surface area contributed by atoms with Gasteiger partial charge in [0.2, 0.25) is 5.91 Å². The number of carbonyl (C=O) groups is 2. The lowest BCUT2D eigenvalue weighted by Crippen LogP contribution is -2.44. The van der Waals surface area contributed by atoms with Gasteiger partial charge in [0, 0.05) is 41.8 Å². The maximum atomic E-state index is 13.5. The minimum absolute atomic E-state index is 0.0482. The highest BCUT2D eigenvalue weighted by Gasteiger charge is 2.30. The number of carbonyl (C=O) groups excluding carboxylic acids is 2. The second kappa shape index (κ2) is 10.2. The Hall–Kier alpha value is -3.12. The van der Waals surface area contributed by atoms with Crippen LogP contribution < -0.4 is 5.32 Å². The van der Waals surface area contributed by atoms with Gasteiger partial charge in [-0.2, -0.15) is 5.10 Å². The van der Waals surface area contributed by atoms with Gasteiger partial charge in [-0.05, 0) is 44.4 Å². The molecule has 6 nitrogen and oxygen atoms in total. The first-order valence-electron chi connectivity index (χ1n) is 11.4. The van der Waals surface area contributed by atoms with Crippen LogP contribution in [0.25, 0.3) is 11.3 Å². The van der Waals surface area contributed by atoms with Gasteiger partial charge in [0.1, 0.15) is 5.69 Å². The molecule has 172 valence electrons. The summed E-state index contributed by atoms with van der Waals surface area (Å²) < 4.78 is 1.81. The van der Waals surface area contributed by atoms with Gasteiger partial charge in [-0.25, -0.2) is 0 Å². The summed E-state index contributed by atoms with van der Waals surface area (Å²) >= 11 is 6.07. The summed E-state index contributed by atoms with van der Waals surface area (Å²) in [6.07, 6.45) is 3.16. The Balaban J connectivity index is 1.56. The zero-order chi connectivity index (χ0) is 23.4. The summed E-state index contributed by atoms with van der Waals surface area (Å²) in [6.45, 7) is 5.61. The fraction of sp³-hybridized carbons (Fsp3) is 0.346. The smallest absolute Gasteiger partial charge is 0.257 e. The van der Waals surface area contributed by atoms with Gasteiger partial charge in [-0.1, -0.05) is 54.1 Å². The van der Waals surface area contributed by atoms with Crippen molar-refractivity contribution >= 4 is 23.4 Å². The number of aromatic nitrogens is 2. The molecule has 0 aliphatic carbocycles. The maximum Gasteiger partial charge on any atom is 0.257 e. The van der Waals surface area contributed by atoms with Gasteiger partial charge in [0.15, 0.2) is 0 Å². The summed E-state index contributed by atoms with van der Waals surface area (Å²) in [5.74, 6) is -0.0235. The molecule has 1 N–H and O–H groups in total. The molecule has 1 aliphatic rings. The first-order chi connectivity index (χ1) is 15.9. The molecule has 1 fully saturated rings. The van der Waals surface area contributed by atoms with Crippen LogP contribution in [-0.2, 0) is 11.3 Å². The standard InChI is InChI=1S/C26H29ClN4O2/c1-18(2)28-25(32)21-12-14-30(15-13-21)26(33)23-17-31(16-19-6-4-3-5-7-19)29-24(23)20-8-10-22(27)11-9-20/h3-11,17-18,21H,12-16H2,1-2H3,(H,28,32). The lowest BCUT2D eigenvalue weighted by atomic mass is 9.95. The van der Waals surface area contributed by atoms with E-state index in [1.165, 1.54) is 0 Å². The minimum Gasteiger partial charge on any atom is -0.354 e. The highest BCUT2D eigenvalue weighted by Crippen LogP contribution is 2.27. The molecule has 1 saturated heterocycles. The molecular weight excluding hydrogens is 436 g/mol. The quantitative estimate of drug-likeness (QED) is 0.578. The van der Waals surface area contributed by atoms with Gasteiger partial charge >= 0.3 is 0 Å². The van der Waals surface area contributed by atoms with Crippen molar-refractivity contribution in [2.45, 2.75) is 39.3 Å². The van der Waals surface area contributed by atoms with Crippen LogP contribution >= 0.6 is 11.6 Å². The number of hydrogen-bond acceptors (Lipinski definition) is 3. The van der Waals surface area contributed by atoms with Gasteiger partial charge in [-0.3, -0.25) is 14.3 Å². The van der Waals surface area contributed by atoms with Gasteiger partial charge in [0.05, 0.1) is 12.1 Å². The van der Waals surface area contributed by atoms with E-state index in [0.29, 0.717) is 48.8 Å². The third-order valence-corrected chi connectivity index (χ3v) is 6.13. The Kier molecular flexibility index (Phi) is 7.14. The van der Waals surface area contributed by atoms with Gasteiger partial charge in [0.25, 0.3) is 5.91 Å². The number of nitrogens with one attached hydrogen (secondary N) is 1. The number of amides is 2. The number of hydrogen-bond donors (Lipinski definition) is 1. The van der Waals surface area contributed by atoms with Crippen molar-refractivity contribution in [1.29, 1.82) is 0 Å². The second-order valence-corrected chi connectivity index (χ2v) is 9.25. The van der Waals surface area contributed by atoms with Crippen molar-refractivity contribution in [3.63, 3.8) is 0 Å². The fourth-order valence-corrected chi connectivity index (χ4v) is 4.29. The molecule has 0 radical (unpaired) electrons. The van der Waals surface area contributed by atoms with Crippen molar-refractivity contribution in [2.24, 2.45) is 5.92 Å². The number of likely N-dealkylation sites (tertiary alicyclic amines) is 1. The minimum atomic E-state index is -0.0537. The molecular formula is C26H29ClN4O2. The fourth-order valence-electron chi connectivity index (χ4n) is 4.17. The Morgan fingerprint density at radius 1 is 1.06 bits per heavy atom. The Bertz CT molecular complexity index is 1100. The van der Waals surface area contributed by atoms with Crippen LogP contribution in [0.15, 0.2) is 60.8 Å². The molecule has 0 atom stereocenters. The number of piperidine rings is 1. The first-order valence-corrected chi connectivity index (χ1v) is 11.8. The summed E-state index contributed by atoms with van der Waals surface area (Å²) in [5.41, 5.74) is 3.17. The number of benzene rings is 2. The van der Waals surface area contributed by atoms with Crippen molar-refractivity contribution in [1.82, 2.24) is 20.0 Å². The molecule has 3 aromatic rings. The molecule has 0 unspecified atom stereocenters. The molecule has 0 saturated carbocycles. The van der Waals surface area contributed by atoms with Crippen molar-refractivity contribution in [2.75, 3.05) is 13.1 Å². The van der Waals surface area contributed by atoms with Crippen molar-refractivity contribution in [3.8, 4) is 11.3 Å². The van der Waals surface area contributed by atoms with Crippen LogP contribution in [0, 0.1) is 5.92 Å². The number of nitrogens with zero attached hydrogens (tertiary/aromatic N) is 3. The van der Waals surface area contributed by atoms with Crippen molar-refractivity contribution in [3.05, 3.63) is 76.9 Å². The third kappa shape index (κ3) is 5.63. The third-order valence-electron chi connectivity index (χ3n) is 5.88. The zero-order valence-corrected chi connectivity index (χ0v) is 19.8. The lowest BCUT2D eigenvalue weighted by molar-refractivity contribution is -0.126. The Morgan fingerprint density at radius 3 is 2.36 bits per heavy atom. The first kappa shape index (κ1) is 23.1. The molecule has 1 aromatic heterocycles. The van der Waals surface area contributed by atoms with Crippen LogP contribution in [-0.4, -0.2) is 45.6 Å². The summed E-state index contributed by atoms with van der Waals surface area (Å²) in [4.78, 5) is 27.7. The highest BCUT2D eigenvalue weighted by molar-refractivity contribution is 6.30. The van der Waals surface area contributed by atoms with E-state index in [-0.39, 0.29) is 23.8 Å². The molecule has 0 spiro atoms. The van der Waals surface area contributed by atoms with Crippen LogP contribution in [0.4, 0.5) is 0 Å². The normalized spacial score (nSPS) is 14.5. The number of halogens is 1. The molecule has 2 heterocycles. The van der Waals surface area contributed by atoms with Gasteiger partial charge < -0.3 is 10.2 Å². The molecule has 4 rings (SSSR count). The zero-order valence-electron chi connectivity index (χ0n) is 19.0. The van der Waals surface area contributed by atoms with E-state index >= 15 is 0 Å². The van der Waals surface area contributed by atoms with E-state index in [4.69, 9.17) is 16.7 Å². The highest BCUT2D eigenvalue weighted by atomic mass is 35.5. The van der Waals surface area contributed by atoms with Crippen molar-refractivity contribution < 1.29 is 9.59 Å². The predicted molar refractivity (Wildman–Crippen MR) is 130 cm³/mol. The summed E-state index contributed by atoms with van der Waals surface area (Å²) in [5, 5.41) is 8.38. The molecule has 2 amide bonds. The van der Waals surface area contributed by atoms with E-state index in [0.717, 1.165) is 11.1 Å². The van der Waals surface area contributed by atoms with Crippen LogP contribution in [0.1, 0.15) is 42.6 Å². The van der Waals surface area contributed by atoms with E-state index in [2.05, 4.69) is 5.32 Å². The molecule has 7 heteroatoms. The maximum absolute atomic E-state index is 13.5. The average molecular weight is 465 g/mol. The Morgan fingerprint density at radius 2 is 1.73 bits per heavy atom. The van der Waals surface area contributed by atoms with Crippen LogP contribution in [0.5, 0.6) is 0 Å². The van der Waals surface area contributed by atoms with Crippen LogP contribution in [0.2, 0.25) is 5.02 Å². The van der Waals surface area contributed by atoms with Crippen LogP contribution in [0.3, 0.4) is 0 Å². The van der Waals surface area contributed by atoms with E-state index in [1.54, 1.807) is 12.1 Å². The second-order valence-electron chi connectivity index (χ2n) is 8.81. The largest absolute Gasteiger partial charge is 0.354 e. The molecule has 33 heavy (non-hydrogen) atoms. The van der Waals surface area contributed by atoms with Gasteiger partial charge in [-0.15, -0.1) is 0 Å². The Labute approximate surface area is 199 Å². The monoisotopic (exact) mass is 464 g/mol. The molecule has 2 aromatic carbocycles. The average Bonchev–Trinajstić information content (AvgIpc) is 3.23. The summed E-state index contributed by atoms with van der Waals surface area (Å²) in [6, 6.07) is 17.5. The molecule has 1 aliphatic heterocycles. The van der Waals surface area contributed by atoms with E-state index in [9.17, 15) is 9.59 Å². The molecule has 0 bridgehead atoms. The van der Waals surface area contributed by atoms with E-state index < -0.39 is 0 Å². The SMILES string of the molecule is CC(C)NC(=O)C1CCN(C(=O)c2cn(Cc3ccccc3)nc2-c2ccc(Cl)cc2)CC1. The topological polar surface area (TPSA) is 67.2 Å². The lowest BCUT2D eigenvalue weighted by Gasteiger charge is -2.31. The predicted octanol–water partition coefficient (Wildman–Crippen LogP) is 4.63. The van der Waals surface area contributed by atoms with E-state index in [1.807, 2.05) is 72.1 Å². The number of rotatable bonds is 6.